The lowest BCUT2D eigenvalue weighted by molar-refractivity contribution is -0.119. The molecule has 1 amide bonds. The molecule has 1 unspecified atom stereocenters. The van der Waals surface area contributed by atoms with Gasteiger partial charge in [-0.2, -0.15) is 0 Å². The smallest absolute Gasteiger partial charge is 0.266 e. The Bertz CT molecular complexity index is 1080. The van der Waals surface area contributed by atoms with E-state index in [-0.39, 0.29) is 23.3 Å². The van der Waals surface area contributed by atoms with E-state index in [1.165, 1.54) is 11.8 Å². The number of fused-ring (bicyclic) bond motifs is 1. The second kappa shape index (κ2) is 8.82. The zero-order valence-corrected chi connectivity index (χ0v) is 18.3. The van der Waals surface area contributed by atoms with Crippen LogP contribution >= 0.6 is 11.8 Å². The molecule has 1 aromatic heterocycles. The van der Waals surface area contributed by atoms with Gasteiger partial charge in [0.2, 0.25) is 5.91 Å². The van der Waals surface area contributed by atoms with Gasteiger partial charge in [0.25, 0.3) is 5.56 Å². The summed E-state index contributed by atoms with van der Waals surface area (Å²) < 4.78 is 1.62. The van der Waals surface area contributed by atoms with E-state index in [9.17, 15) is 9.59 Å². The first-order valence-corrected chi connectivity index (χ1v) is 10.8. The molecule has 1 N–H and O–H groups in total. The van der Waals surface area contributed by atoms with Gasteiger partial charge in [0.15, 0.2) is 5.16 Å². The summed E-state index contributed by atoms with van der Waals surface area (Å²) in [6.07, 6.45) is 0. The third kappa shape index (κ3) is 4.88. The van der Waals surface area contributed by atoms with Gasteiger partial charge in [0.1, 0.15) is 0 Å². The minimum absolute atomic E-state index is 0.0643. The number of rotatable bonds is 6. The van der Waals surface area contributed by atoms with Crippen LogP contribution in [0.25, 0.3) is 16.6 Å². The lowest BCUT2D eigenvalue weighted by Gasteiger charge is -2.18. The minimum Gasteiger partial charge on any atom is -0.353 e. The number of carbonyl (C=O) groups is 1. The van der Waals surface area contributed by atoms with Crippen molar-refractivity contribution in [2.24, 2.45) is 5.92 Å². The summed E-state index contributed by atoms with van der Waals surface area (Å²) in [7, 11) is 0. The van der Waals surface area contributed by atoms with Crippen molar-refractivity contribution in [2.45, 2.75) is 45.8 Å². The number of hydrogen-bond acceptors (Lipinski definition) is 4. The van der Waals surface area contributed by atoms with Gasteiger partial charge in [-0.1, -0.05) is 43.8 Å². The first-order chi connectivity index (χ1) is 13.8. The number of thioether (sulfide) groups is 1. The summed E-state index contributed by atoms with van der Waals surface area (Å²) in [5.74, 6) is 0.494. The highest BCUT2D eigenvalue weighted by atomic mass is 32.2. The maximum atomic E-state index is 13.3. The van der Waals surface area contributed by atoms with Crippen molar-refractivity contribution in [1.82, 2.24) is 14.9 Å². The SMILES string of the molecule is Cc1cc(C)cc(-n2c(SCC(=O)NC(C)C(C)C)nc3ccccc3c2=O)c1. The Morgan fingerprint density at radius 2 is 1.76 bits per heavy atom. The van der Waals surface area contributed by atoms with Gasteiger partial charge < -0.3 is 5.32 Å². The summed E-state index contributed by atoms with van der Waals surface area (Å²) in [5, 5.41) is 4.09. The second-order valence-corrected chi connectivity index (χ2v) is 8.73. The Hall–Kier alpha value is -2.60. The van der Waals surface area contributed by atoms with Crippen LogP contribution in [-0.4, -0.2) is 27.3 Å². The lowest BCUT2D eigenvalue weighted by Crippen LogP contribution is -2.37. The molecule has 0 spiro atoms. The maximum absolute atomic E-state index is 13.3. The number of aromatic nitrogens is 2. The van der Waals surface area contributed by atoms with Crippen LogP contribution in [0.4, 0.5) is 0 Å². The molecule has 5 nitrogen and oxygen atoms in total. The van der Waals surface area contributed by atoms with Crippen LogP contribution in [0.5, 0.6) is 0 Å². The maximum Gasteiger partial charge on any atom is 0.266 e. The largest absolute Gasteiger partial charge is 0.353 e. The normalized spacial score (nSPS) is 12.3. The molecule has 0 bridgehead atoms. The topological polar surface area (TPSA) is 64.0 Å². The van der Waals surface area contributed by atoms with Gasteiger partial charge in [0, 0.05) is 6.04 Å². The molecule has 1 atom stereocenters. The molecule has 0 aliphatic carbocycles. The Morgan fingerprint density at radius 3 is 2.41 bits per heavy atom. The van der Waals surface area contributed by atoms with E-state index in [1.807, 2.05) is 51.1 Å². The van der Waals surface area contributed by atoms with E-state index in [2.05, 4.69) is 25.2 Å². The number of para-hydroxylation sites is 1. The summed E-state index contributed by atoms with van der Waals surface area (Å²) in [6, 6.07) is 13.4. The van der Waals surface area contributed by atoms with Gasteiger partial charge in [-0.15, -0.1) is 0 Å². The quantitative estimate of drug-likeness (QED) is 0.488. The molecular formula is C23H27N3O2S. The van der Waals surface area contributed by atoms with Crippen LogP contribution < -0.4 is 10.9 Å². The van der Waals surface area contributed by atoms with E-state index in [0.29, 0.717) is 22.0 Å². The zero-order valence-electron chi connectivity index (χ0n) is 17.5. The van der Waals surface area contributed by atoms with Crippen LogP contribution in [-0.2, 0) is 4.79 Å². The third-order valence-corrected chi connectivity index (χ3v) is 5.87. The average molecular weight is 410 g/mol. The molecule has 0 aliphatic rings. The number of aryl methyl sites for hydroxylation is 2. The number of nitrogens with zero attached hydrogens (tertiary/aromatic N) is 2. The number of amides is 1. The molecule has 2 aromatic carbocycles. The Kier molecular flexibility index (Phi) is 6.42. The molecule has 3 rings (SSSR count). The summed E-state index contributed by atoms with van der Waals surface area (Å²) in [6.45, 7) is 10.1. The fourth-order valence-electron chi connectivity index (χ4n) is 3.11. The highest BCUT2D eigenvalue weighted by Crippen LogP contribution is 2.22. The second-order valence-electron chi connectivity index (χ2n) is 7.79. The molecule has 1 heterocycles. The first-order valence-electron chi connectivity index (χ1n) is 9.79. The molecule has 3 aromatic rings. The van der Waals surface area contributed by atoms with Crippen LogP contribution in [0.1, 0.15) is 31.9 Å². The zero-order chi connectivity index (χ0) is 21.1. The molecule has 29 heavy (non-hydrogen) atoms. The van der Waals surface area contributed by atoms with Crippen molar-refractivity contribution < 1.29 is 4.79 Å². The van der Waals surface area contributed by atoms with Crippen molar-refractivity contribution in [3.8, 4) is 5.69 Å². The van der Waals surface area contributed by atoms with Gasteiger partial charge >= 0.3 is 0 Å². The standard InChI is InChI=1S/C23H27N3O2S/c1-14(2)17(5)24-21(27)13-29-23-25-20-9-7-6-8-19(20)22(28)26(23)18-11-15(3)10-16(4)12-18/h6-12,14,17H,13H2,1-5H3,(H,24,27). The van der Waals surface area contributed by atoms with Crippen molar-refractivity contribution >= 4 is 28.6 Å². The van der Waals surface area contributed by atoms with Gasteiger partial charge in [-0.05, 0) is 62.1 Å². The highest BCUT2D eigenvalue weighted by molar-refractivity contribution is 7.99. The molecule has 0 aliphatic heterocycles. The highest BCUT2D eigenvalue weighted by Gasteiger charge is 2.16. The molecule has 0 fully saturated rings. The van der Waals surface area contributed by atoms with E-state index >= 15 is 0 Å². The molecule has 0 radical (unpaired) electrons. The van der Waals surface area contributed by atoms with Crippen molar-refractivity contribution in [3.05, 3.63) is 63.9 Å². The summed E-state index contributed by atoms with van der Waals surface area (Å²) >= 11 is 1.28. The van der Waals surface area contributed by atoms with Crippen molar-refractivity contribution in [3.63, 3.8) is 0 Å². The Labute approximate surface area is 175 Å². The fraction of sp³-hybridized carbons (Fsp3) is 0.348. The molecule has 6 heteroatoms. The van der Waals surface area contributed by atoms with Gasteiger partial charge in [-0.3, -0.25) is 14.2 Å². The van der Waals surface area contributed by atoms with E-state index in [4.69, 9.17) is 4.98 Å². The van der Waals surface area contributed by atoms with Crippen molar-refractivity contribution in [2.75, 3.05) is 5.75 Å². The summed E-state index contributed by atoms with van der Waals surface area (Å²) in [4.78, 5) is 30.4. The average Bonchev–Trinajstić information content (AvgIpc) is 2.65. The van der Waals surface area contributed by atoms with Gasteiger partial charge in [-0.25, -0.2) is 4.98 Å². The Morgan fingerprint density at radius 1 is 1.10 bits per heavy atom. The van der Waals surface area contributed by atoms with Crippen LogP contribution in [0.15, 0.2) is 52.4 Å². The number of benzene rings is 2. The predicted octanol–water partition coefficient (Wildman–Crippen LogP) is 4.26. The molecule has 0 saturated heterocycles. The Balaban J connectivity index is 2.03. The first kappa shape index (κ1) is 21.1. The molecule has 152 valence electrons. The number of carbonyl (C=O) groups excluding carboxylic acids is 1. The molecular weight excluding hydrogens is 382 g/mol. The monoisotopic (exact) mass is 409 g/mol. The number of nitrogens with one attached hydrogen (secondary N) is 1. The van der Waals surface area contributed by atoms with Crippen LogP contribution in [0.2, 0.25) is 0 Å². The third-order valence-electron chi connectivity index (χ3n) is 4.93. The van der Waals surface area contributed by atoms with Gasteiger partial charge in [0.05, 0.1) is 22.3 Å². The van der Waals surface area contributed by atoms with Crippen molar-refractivity contribution in [1.29, 1.82) is 0 Å². The summed E-state index contributed by atoms with van der Waals surface area (Å²) in [5.41, 5.74) is 3.42. The molecule has 0 saturated carbocycles. The predicted molar refractivity (Wildman–Crippen MR) is 120 cm³/mol. The van der Waals surface area contributed by atoms with Crippen LogP contribution in [0.3, 0.4) is 0 Å². The van der Waals surface area contributed by atoms with Crippen LogP contribution in [0, 0.1) is 19.8 Å². The van der Waals surface area contributed by atoms with E-state index < -0.39 is 0 Å². The number of hydrogen-bond donors (Lipinski definition) is 1. The fourth-order valence-corrected chi connectivity index (χ4v) is 3.93. The minimum atomic E-state index is -0.126. The lowest BCUT2D eigenvalue weighted by atomic mass is 10.1. The van der Waals surface area contributed by atoms with E-state index in [1.54, 1.807) is 10.6 Å². The van der Waals surface area contributed by atoms with E-state index in [0.717, 1.165) is 16.8 Å².